The molecular formula is C13H20N4. The molecule has 4 nitrogen and oxygen atoms in total. The average Bonchev–Trinajstić information content (AvgIpc) is 2.72. The van der Waals surface area contributed by atoms with Crippen LogP contribution in [-0.2, 0) is 13.1 Å². The fourth-order valence-electron chi connectivity index (χ4n) is 2.68. The van der Waals surface area contributed by atoms with Crippen molar-refractivity contribution in [1.82, 2.24) is 14.9 Å². The quantitative estimate of drug-likeness (QED) is 0.725. The Morgan fingerprint density at radius 3 is 2.41 bits per heavy atom. The summed E-state index contributed by atoms with van der Waals surface area (Å²) in [6, 6.07) is 6.29. The van der Waals surface area contributed by atoms with E-state index in [0.717, 1.165) is 45.0 Å². The molecule has 0 bridgehead atoms. The van der Waals surface area contributed by atoms with E-state index in [-0.39, 0.29) is 0 Å². The van der Waals surface area contributed by atoms with Crippen LogP contribution in [0.1, 0.15) is 11.1 Å². The molecule has 2 aliphatic rings. The van der Waals surface area contributed by atoms with E-state index in [1.807, 2.05) is 6.07 Å². The second kappa shape index (κ2) is 4.29. The van der Waals surface area contributed by atoms with Gasteiger partial charge in [0.1, 0.15) is 0 Å². The third-order valence-corrected chi connectivity index (χ3v) is 3.82. The van der Waals surface area contributed by atoms with Gasteiger partial charge >= 0.3 is 0 Å². The van der Waals surface area contributed by atoms with Crippen LogP contribution in [0.5, 0.6) is 0 Å². The molecule has 0 amide bonds. The molecule has 1 fully saturated rings. The summed E-state index contributed by atoms with van der Waals surface area (Å²) in [5.41, 5.74) is 9.53. The van der Waals surface area contributed by atoms with Crippen LogP contribution in [0.15, 0.2) is 18.2 Å². The molecule has 2 heterocycles. The van der Waals surface area contributed by atoms with Crippen molar-refractivity contribution in [3.05, 3.63) is 29.3 Å². The molecule has 3 rings (SSSR count). The number of anilines is 1. The third kappa shape index (κ3) is 2.16. The van der Waals surface area contributed by atoms with Crippen molar-refractivity contribution in [2.24, 2.45) is 0 Å². The maximum Gasteiger partial charge on any atom is 0.0391 e. The van der Waals surface area contributed by atoms with Gasteiger partial charge in [-0.15, -0.1) is 0 Å². The summed E-state index contributed by atoms with van der Waals surface area (Å²) in [5, 5.41) is 4.94. The van der Waals surface area contributed by atoms with Gasteiger partial charge in [0.25, 0.3) is 0 Å². The van der Waals surface area contributed by atoms with E-state index in [2.05, 4.69) is 34.1 Å². The van der Waals surface area contributed by atoms with Crippen LogP contribution in [0.25, 0.3) is 0 Å². The van der Waals surface area contributed by atoms with Gasteiger partial charge in [0.05, 0.1) is 0 Å². The summed E-state index contributed by atoms with van der Waals surface area (Å²) in [6.45, 7) is 6.66. The number of rotatable bonds is 1. The topological polar surface area (TPSA) is 35.7 Å². The van der Waals surface area contributed by atoms with Crippen molar-refractivity contribution < 1.29 is 0 Å². The van der Waals surface area contributed by atoms with E-state index in [0.29, 0.717) is 0 Å². The molecule has 92 valence electrons. The second-order valence-electron chi connectivity index (χ2n) is 5.11. The Morgan fingerprint density at radius 1 is 0.941 bits per heavy atom. The molecule has 4 heteroatoms. The maximum absolute atomic E-state index is 5.83. The van der Waals surface area contributed by atoms with Crippen LogP contribution in [0.4, 0.5) is 5.69 Å². The number of hydrazine groups is 1. The van der Waals surface area contributed by atoms with Gasteiger partial charge < -0.3 is 10.6 Å². The van der Waals surface area contributed by atoms with Crippen molar-refractivity contribution in [3.8, 4) is 0 Å². The van der Waals surface area contributed by atoms with E-state index >= 15 is 0 Å². The van der Waals surface area contributed by atoms with Gasteiger partial charge in [0.15, 0.2) is 0 Å². The zero-order valence-corrected chi connectivity index (χ0v) is 10.4. The van der Waals surface area contributed by atoms with Crippen molar-refractivity contribution >= 4 is 5.69 Å². The molecular weight excluding hydrogens is 212 g/mol. The smallest absolute Gasteiger partial charge is 0.0391 e. The monoisotopic (exact) mass is 232 g/mol. The normalized spacial score (nSPS) is 22.9. The number of benzene rings is 1. The average molecular weight is 232 g/mol. The summed E-state index contributed by atoms with van der Waals surface area (Å²) >= 11 is 0. The molecule has 1 saturated heterocycles. The van der Waals surface area contributed by atoms with Crippen LogP contribution in [0.2, 0.25) is 0 Å². The molecule has 17 heavy (non-hydrogen) atoms. The van der Waals surface area contributed by atoms with Crippen LogP contribution >= 0.6 is 0 Å². The minimum absolute atomic E-state index is 0.879. The molecule has 0 atom stereocenters. The Bertz CT molecular complexity index is 410. The summed E-state index contributed by atoms with van der Waals surface area (Å²) in [5.74, 6) is 0. The number of hydrogen-bond acceptors (Lipinski definition) is 4. The van der Waals surface area contributed by atoms with E-state index in [9.17, 15) is 0 Å². The Kier molecular flexibility index (Phi) is 2.78. The zero-order valence-electron chi connectivity index (χ0n) is 10.4. The van der Waals surface area contributed by atoms with Gasteiger partial charge in [-0.3, -0.25) is 0 Å². The highest BCUT2D eigenvalue weighted by Gasteiger charge is 2.26. The Hall–Kier alpha value is -1.10. The van der Waals surface area contributed by atoms with Crippen molar-refractivity contribution in [2.45, 2.75) is 13.1 Å². The number of likely N-dealkylation sites (N-methyl/N-ethyl adjacent to an activating group) is 1. The van der Waals surface area contributed by atoms with Crippen molar-refractivity contribution in [2.75, 3.05) is 39.0 Å². The number of nitrogen functional groups attached to an aromatic ring is 1. The first-order valence-corrected chi connectivity index (χ1v) is 6.28. The standard InChI is InChI=1S/C13H20N4/c1-15-4-6-16(7-5-15)17-9-11-2-3-13(14)8-12(11)10-17/h2-3,8H,4-7,9-10,14H2,1H3. The highest BCUT2D eigenvalue weighted by molar-refractivity contribution is 5.46. The molecule has 0 aromatic heterocycles. The van der Waals surface area contributed by atoms with Crippen molar-refractivity contribution in [1.29, 1.82) is 0 Å². The molecule has 1 aromatic carbocycles. The van der Waals surface area contributed by atoms with Crippen LogP contribution in [0.3, 0.4) is 0 Å². The summed E-state index contributed by atoms with van der Waals surface area (Å²) < 4.78 is 0. The summed E-state index contributed by atoms with van der Waals surface area (Å²) in [7, 11) is 2.19. The van der Waals surface area contributed by atoms with E-state index in [4.69, 9.17) is 5.73 Å². The fraction of sp³-hybridized carbons (Fsp3) is 0.538. The lowest BCUT2D eigenvalue weighted by Gasteiger charge is -2.38. The predicted molar refractivity (Wildman–Crippen MR) is 69.2 cm³/mol. The first-order valence-electron chi connectivity index (χ1n) is 6.28. The predicted octanol–water partition coefficient (Wildman–Crippen LogP) is 0.747. The Balaban J connectivity index is 1.69. The third-order valence-electron chi connectivity index (χ3n) is 3.82. The van der Waals surface area contributed by atoms with Gasteiger partial charge in [-0.05, 0) is 30.3 Å². The van der Waals surface area contributed by atoms with Crippen LogP contribution < -0.4 is 5.73 Å². The Labute approximate surface area is 103 Å². The first kappa shape index (κ1) is 11.0. The number of nitrogens with zero attached hydrogens (tertiary/aromatic N) is 3. The maximum atomic E-state index is 5.83. The minimum Gasteiger partial charge on any atom is -0.399 e. The van der Waals surface area contributed by atoms with Gasteiger partial charge in [-0.2, -0.15) is 0 Å². The minimum atomic E-state index is 0.879. The summed E-state index contributed by atoms with van der Waals surface area (Å²) in [4.78, 5) is 2.39. The van der Waals surface area contributed by atoms with Gasteiger partial charge in [0, 0.05) is 45.0 Å². The van der Waals surface area contributed by atoms with Gasteiger partial charge in [-0.1, -0.05) is 6.07 Å². The van der Waals surface area contributed by atoms with Crippen molar-refractivity contribution in [3.63, 3.8) is 0 Å². The molecule has 0 unspecified atom stereocenters. The molecule has 2 aliphatic heterocycles. The number of nitrogens with two attached hydrogens (primary N) is 1. The highest BCUT2D eigenvalue weighted by Crippen LogP contribution is 2.26. The van der Waals surface area contributed by atoms with Gasteiger partial charge in [-0.25, -0.2) is 10.0 Å². The second-order valence-corrected chi connectivity index (χ2v) is 5.11. The SMILES string of the molecule is CN1CCN(N2Cc3ccc(N)cc3C2)CC1. The molecule has 0 aliphatic carbocycles. The number of hydrogen-bond donors (Lipinski definition) is 1. The van der Waals surface area contributed by atoms with Crippen LogP contribution in [-0.4, -0.2) is 48.1 Å². The van der Waals surface area contributed by atoms with E-state index in [1.165, 1.54) is 11.1 Å². The lowest BCUT2D eigenvalue weighted by atomic mass is 10.1. The number of fused-ring (bicyclic) bond motifs is 1. The van der Waals surface area contributed by atoms with Crippen LogP contribution in [0, 0.1) is 0 Å². The van der Waals surface area contributed by atoms with Gasteiger partial charge in [0.2, 0.25) is 0 Å². The molecule has 2 N–H and O–H groups in total. The zero-order chi connectivity index (χ0) is 11.8. The molecule has 0 saturated carbocycles. The van der Waals surface area contributed by atoms with E-state index in [1.54, 1.807) is 0 Å². The largest absolute Gasteiger partial charge is 0.399 e. The van der Waals surface area contributed by atoms with E-state index < -0.39 is 0 Å². The molecule has 1 aromatic rings. The fourth-order valence-corrected chi connectivity index (χ4v) is 2.68. The first-order chi connectivity index (χ1) is 8.22. The lowest BCUT2D eigenvalue weighted by Crippen LogP contribution is -2.50. The molecule has 0 radical (unpaired) electrons. The Morgan fingerprint density at radius 2 is 1.65 bits per heavy atom. The lowest BCUT2D eigenvalue weighted by molar-refractivity contribution is -0.0581. The molecule has 0 spiro atoms. The number of piperazine rings is 1. The highest BCUT2D eigenvalue weighted by atomic mass is 15.6. The summed E-state index contributed by atoms with van der Waals surface area (Å²) in [6.07, 6.45) is 0.